The van der Waals surface area contributed by atoms with Crippen molar-refractivity contribution in [2.24, 2.45) is 0 Å². The second-order valence-corrected chi connectivity index (χ2v) is 9.93. The summed E-state index contributed by atoms with van der Waals surface area (Å²) in [6.45, 7) is 0.120. The number of amides is 2. The molecule has 0 aromatic heterocycles. The first kappa shape index (κ1) is 25.3. The van der Waals surface area contributed by atoms with Crippen molar-refractivity contribution in [3.8, 4) is 17.2 Å². The van der Waals surface area contributed by atoms with E-state index in [-0.39, 0.29) is 18.6 Å². The molecule has 4 aromatic rings. The maximum atomic E-state index is 14.2. The average Bonchev–Trinajstić information content (AvgIpc) is 3.45. The van der Waals surface area contributed by atoms with Crippen LogP contribution in [0.4, 0.5) is 17.1 Å². The van der Waals surface area contributed by atoms with Gasteiger partial charge in [0.15, 0.2) is 11.5 Å². The van der Waals surface area contributed by atoms with Crippen LogP contribution in [0.1, 0.15) is 33.4 Å². The summed E-state index contributed by atoms with van der Waals surface area (Å²) < 4.78 is 16.5. The molecule has 2 amide bonds. The normalized spacial score (nSPS) is 17.3. The molecule has 2 aliphatic heterocycles. The van der Waals surface area contributed by atoms with Crippen molar-refractivity contribution < 1.29 is 23.8 Å². The Morgan fingerprint density at radius 3 is 2.38 bits per heavy atom. The first-order valence-corrected chi connectivity index (χ1v) is 13.0. The lowest BCUT2D eigenvalue weighted by Gasteiger charge is -2.42. The zero-order valence-electron chi connectivity index (χ0n) is 22.5. The van der Waals surface area contributed by atoms with Crippen LogP contribution in [-0.4, -0.2) is 39.8 Å². The number of nitrogens with zero attached hydrogens (tertiary/aromatic N) is 2. The summed E-state index contributed by atoms with van der Waals surface area (Å²) in [6, 6.07) is 27.2. The Morgan fingerprint density at radius 2 is 1.65 bits per heavy atom. The Morgan fingerprint density at radius 1 is 0.925 bits per heavy atom. The van der Waals surface area contributed by atoms with Crippen LogP contribution in [0.3, 0.4) is 0 Å². The molecule has 0 fully saturated rings. The highest BCUT2D eigenvalue weighted by Gasteiger charge is 2.45. The molecule has 2 aliphatic rings. The van der Waals surface area contributed by atoms with E-state index in [9.17, 15) is 9.59 Å². The van der Waals surface area contributed by atoms with E-state index < -0.39 is 12.0 Å². The van der Waals surface area contributed by atoms with Crippen LogP contribution in [0.25, 0.3) is 0 Å². The highest BCUT2D eigenvalue weighted by Crippen LogP contribution is 2.47. The van der Waals surface area contributed by atoms with E-state index >= 15 is 0 Å². The zero-order valence-corrected chi connectivity index (χ0v) is 22.5. The number of anilines is 3. The smallest absolute Gasteiger partial charge is 0.259 e. The van der Waals surface area contributed by atoms with Gasteiger partial charge in [-0.05, 0) is 65.7 Å². The number of rotatable bonds is 6. The standard InChI is InChI=1S/C32H29N3O5/c1-34(2)22-12-10-21(11-13-22)33-31(36)29-25-6-4-5-7-26(25)32(37)35(23-14-17-27-28(18-23)40-19-39-27)30(29)20-8-15-24(38-3)16-9-20/h4-18,29-30H,19H2,1-3H3,(H,33,36). The second kappa shape index (κ2) is 10.3. The van der Waals surface area contributed by atoms with Crippen molar-refractivity contribution in [3.05, 3.63) is 108 Å². The Balaban J connectivity index is 1.48. The molecule has 4 aromatic carbocycles. The van der Waals surface area contributed by atoms with Crippen molar-refractivity contribution in [3.63, 3.8) is 0 Å². The molecule has 0 radical (unpaired) electrons. The summed E-state index contributed by atoms with van der Waals surface area (Å²) in [5, 5.41) is 3.10. The summed E-state index contributed by atoms with van der Waals surface area (Å²) in [5.74, 6) is 0.729. The third-order valence-corrected chi connectivity index (χ3v) is 7.36. The van der Waals surface area contributed by atoms with Crippen LogP contribution in [0.5, 0.6) is 17.2 Å². The first-order valence-electron chi connectivity index (χ1n) is 13.0. The molecule has 0 aliphatic carbocycles. The Labute approximate surface area is 232 Å². The molecule has 8 nitrogen and oxygen atoms in total. The molecule has 0 bridgehead atoms. The molecule has 6 rings (SSSR count). The highest BCUT2D eigenvalue weighted by molar-refractivity contribution is 6.12. The molecular weight excluding hydrogens is 506 g/mol. The van der Waals surface area contributed by atoms with E-state index in [0.29, 0.717) is 39.8 Å². The minimum Gasteiger partial charge on any atom is -0.497 e. The van der Waals surface area contributed by atoms with Crippen LogP contribution >= 0.6 is 0 Å². The molecule has 2 atom stereocenters. The topological polar surface area (TPSA) is 80.3 Å². The SMILES string of the molecule is COc1ccc(C2C(C(=O)Nc3ccc(N(C)C)cc3)c3ccccc3C(=O)N2c2ccc3c(c2)OCO3)cc1. The lowest BCUT2D eigenvalue weighted by atomic mass is 9.78. The lowest BCUT2D eigenvalue weighted by Crippen LogP contribution is -2.46. The van der Waals surface area contributed by atoms with Gasteiger partial charge in [-0.2, -0.15) is 0 Å². The van der Waals surface area contributed by atoms with Gasteiger partial charge < -0.3 is 24.4 Å². The monoisotopic (exact) mass is 535 g/mol. The number of carbonyl (C=O) groups excluding carboxylic acids is 2. The molecular formula is C32H29N3O5. The van der Waals surface area contributed by atoms with Gasteiger partial charge >= 0.3 is 0 Å². The quantitative estimate of drug-likeness (QED) is 0.346. The number of fused-ring (bicyclic) bond motifs is 2. The largest absolute Gasteiger partial charge is 0.497 e. The van der Waals surface area contributed by atoms with Crippen molar-refractivity contribution in [1.82, 2.24) is 0 Å². The summed E-state index contributed by atoms with van der Waals surface area (Å²) in [7, 11) is 5.54. The van der Waals surface area contributed by atoms with E-state index in [0.717, 1.165) is 11.3 Å². The van der Waals surface area contributed by atoms with E-state index in [1.165, 1.54) is 0 Å². The summed E-state index contributed by atoms with van der Waals surface area (Å²) in [6.07, 6.45) is 0. The van der Waals surface area contributed by atoms with Crippen molar-refractivity contribution in [1.29, 1.82) is 0 Å². The van der Waals surface area contributed by atoms with Gasteiger partial charge in [-0.3, -0.25) is 14.5 Å². The van der Waals surface area contributed by atoms with Gasteiger partial charge in [0, 0.05) is 42.8 Å². The van der Waals surface area contributed by atoms with Gasteiger partial charge in [-0.25, -0.2) is 0 Å². The van der Waals surface area contributed by atoms with Crippen LogP contribution in [0, 0.1) is 0 Å². The predicted molar refractivity (Wildman–Crippen MR) is 154 cm³/mol. The van der Waals surface area contributed by atoms with Crippen LogP contribution in [-0.2, 0) is 4.79 Å². The molecule has 1 N–H and O–H groups in total. The second-order valence-electron chi connectivity index (χ2n) is 9.93. The maximum absolute atomic E-state index is 14.2. The Hall–Kier alpha value is -4.98. The summed E-state index contributed by atoms with van der Waals surface area (Å²) in [4.78, 5) is 32.0. The van der Waals surface area contributed by atoms with Gasteiger partial charge in [-0.15, -0.1) is 0 Å². The van der Waals surface area contributed by atoms with Crippen LogP contribution in [0.15, 0.2) is 91.0 Å². The number of hydrogen-bond donors (Lipinski definition) is 1. The number of methoxy groups -OCH3 is 1. The van der Waals surface area contributed by atoms with E-state index in [1.807, 2.05) is 91.8 Å². The van der Waals surface area contributed by atoms with E-state index in [2.05, 4.69) is 5.32 Å². The molecule has 0 saturated heterocycles. The van der Waals surface area contributed by atoms with E-state index in [1.54, 1.807) is 30.2 Å². The van der Waals surface area contributed by atoms with Gasteiger partial charge in [0.2, 0.25) is 12.7 Å². The fourth-order valence-corrected chi connectivity index (χ4v) is 5.34. The number of hydrogen-bond acceptors (Lipinski definition) is 6. The average molecular weight is 536 g/mol. The minimum absolute atomic E-state index is 0.120. The third-order valence-electron chi connectivity index (χ3n) is 7.36. The molecule has 2 unspecified atom stereocenters. The summed E-state index contributed by atoms with van der Waals surface area (Å²) >= 11 is 0. The predicted octanol–water partition coefficient (Wildman–Crippen LogP) is 5.61. The zero-order chi connectivity index (χ0) is 27.8. The molecule has 0 saturated carbocycles. The fourth-order valence-electron chi connectivity index (χ4n) is 5.34. The highest BCUT2D eigenvalue weighted by atomic mass is 16.7. The molecule has 2 heterocycles. The Kier molecular flexibility index (Phi) is 6.51. The van der Waals surface area contributed by atoms with Crippen LogP contribution in [0.2, 0.25) is 0 Å². The number of benzene rings is 4. The number of nitrogens with one attached hydrogen (secondary N) is 1. The molecule has 40 heavy (non-hydrogen) atoms. The van der Waals surface area contributed by atoms with Crippen molar-refractivity contribution >= 4 is 28.9 Å². The molecule has 202 valence electrons. The van der Waals surface area contributed by atoms with Crippen molar-refractivity contribution in [2.45, 2.75) is 12.0 Å². The van der Waals surface area contributed by atoms with Gasteiger partial charge in [0.05, 0.1) is 19.1 Å². The summed E-state index contributed by atoms with van der Waals surface area (Å²) in [5.41, 5.74) is 4.26. The van der Waals surface area contributed by atoms with Gasteiger partial charge in [0.25, 0.3) is 5.91 Å². The van der Waals surface area contributed by atoms with Gasteiger partial charge in [-0.1, -0.05) is 30.3 Å². The fraction of sp³-hybridized carbons (Fsp3) is 0.188. The maximum Gasteiger partial charge on any atom is 0.259 e. The van der Waals surface area contributed by atoms with Crippen LogP contribution < -0.4 is 29.3 Å². The minimum atomic E-state index is -0.707. The third kappa shape index (κ3) is 4.47. The Bertz CT molecular complexity index is 1570. The van der Waals surface area contributed by atoms with E-state index in [4.69, 9.17) is 14.2 Å². The van der Waals surface area contributed by atoms with Crippen molar-refractivity contribution in [2.75, 3.05) is 43.1 Å². The molecule has 8 heteroatoms. The number of ether oxygens (including phenoxy) is 3. The number of carbonyl (C=O) groups is 2. The first-order chi connectivity index (χ1) is 19.4. The lowest BCUT2D eigenvalue weighted by molar-refractivity contribution is -0.118. The van der Waals surface area contributed by atoms with Gasteiger partial charge in [0.1, 0.15) is 5.75 Å². The molecule has 0 spiro atoms.